The van der Waals surface area contributed by atoms with Crippen molar-refractivity contribution in [1.82, 2.24) is 14.1 Å². The van der Waals surface area contributed by atoms with Gasteiger partial charge in [0.25, 0.3) is 6.33 Å². The molecule has 4 heterocycles. The quantitative estimate of drug-likeness (QED) is 0.118. The van der Waals surface area contributed by atoms with E-state index in [1.54, 1.807) is 12.1 Å². The summed E-state index contributed by atoms with van der Waals surface area (Å²) in [6, 6.07) is 42.9. The number of nitrogens with zero attached hydrogens (tertiary/aromatic N) is 4. The maximum absolute atomic E-state index is 10.4. The van der Waals surface area contributed by atoms with E-state index < -0.39 is 101 Å². The van der Waals surface area contributed by atoms with Gasteiger partial charge >= 0.3 is 0 Å². The fourth-order valence-corrected chi connectivity index (χ4v) is 11.0. The van der Waals surface area contributed by atoms with Gasteiger partial charge in [-0.25, -0.2) is 4.98 Å². The molecule has 13 aromatic rings. The van der Waals surface area contributed by atoms with Crippen LogP contribution in [0.5, 0.6) is 11.5 Å². The number of ether oxygens (including phenoxy) is 1. The number of pyridine rings is 1. The van der Waals surface area contributed by atoms with Crippen LogP contribution in [0.2, 0.25) is 0 Å². The average Bonchev–Trinajstić information content (AvgIpc) is 1.30. The highest BCUT2D eigenvalue weighted by atomic mass is 16.5. The van der Waals surface area contributed by atoms with Crippen LogP contribution in [0, 0.1) is 6.33 Å². The van der Waals surface area contributed by atoms with Gasteiger partial charge in [-0.05, 0) is 155 Å². The van der Waals surface area contributed by atoms with Gasteiger partial charge in [0.15, 0.2) is 0 Å². The molecule has 0 saturated carbocycles. The molecule has 5 heteroatoms. The summed E-state index contributed by atoms with van der Waals surface area (Å²) in [4.78, 5) is 4.89. The summed E-state index contributed by atoms with van der Waals surface area (Å²) in [6.45, 7) is 12.9. The number of fused-ring (bicyclic) bond motifs is 10. The zero-order valence-corrected chi connectivity index (χ0v) is 44.3. The van der Waals surface area contributed by atoms with Crippen LogP contribution in [-0.2, 0) is 10.8 Å². The molecular formula is C74H58N4O. The minimum Gasteiger partial charge on any atom is -0.458 e. The molecule has 1 aliphatic rings. The molecule has 14 rings (SSSR count). The van der Waals surface area contributed by atoms with Crippen molar-refractivity contribution in [2.75, 3.05) is 0 Å². The molecule has 0 unspecified atom stereocenters. The minimum atomic E-state index is -0.743. The molecule has 0 aliphatic carbocycles. The third-order valence-electron chi connectivity index (χ3n) is 14.9. The predicted molar refractivity (Wildman–Crippen MR) is 326 cm³/mol. The Hall–Kier alpha value is -9.58. The molecule has 0 spiro atoms. The van der Waals surface area contributed by atoms with Crippen LogP contribution in [0.15, 0.2) is 242 Å². The summed E-state index contributed by atoms with van der Waals surface area (Å²) >= 11 is 0. The second kappa shape index (κ2) is 18.6. The molecule has 10 aromatic carbocycles. The molecule has 0 saturated heterocycles. The van der Waals surface area contributed by atoms with Crippen molar-refractivity contribution < 1.29 is 27.1 Å². The van der Waals surface area contributed by atoms with E-state index >= 15 is 0 Å². The minimum absolute atomic E-state index is 0.118. The van der Waals surface area contributed by atoms with Crippen molar-refractivity contribution >= 4 is 32.8 Å². The Morgan fingerprint density at radius 1 is 0.456 bits per heavy atom. The summed E-state index contributed by atoms with van der Waals surface area (Å²) in [5.74, 6) is 1.88. The second-order valence-electron chi connectivity index (χ2n) is 22.0. The molecule has 3 aromatic heterocycles. The fraction of sp³-hybridized carbons (Fsp3) is 0.108. The van der Waals surface area contributed by atoms with Crippen LogP contribution in [0.25, 0.3) is 117 Å². The number of benzene rings is 10. The lowest BCUT2D eigenvalue weighted by atomic mass is 9.81. The highest BCUT2D eigenvalue weighted by Gasteiger charge is 2.28. The van der Waals surface area contributed by atoms with Gasteiger partial charge in [0.2, 0.25) is 0 Å². The Labute approximate surface area is 480 Å². The summed E-state index contributed by atoms with van der Waals surface area (Å²) < 4.78 is 133. The Kier molecular flexibility index (Phi) is 8.39. The van der Waals surface area contributed by atoms with Gasteiger partial charge in [-0.15, -0.1) is 0 Å². The maximum atomic E-state index is 10.4. The van der Waals surface area contributed by atoms with E-state index in [9.17, 15) is 9.60 Å². The van der Waals surface area contributed by atoms with Crippen molar-refractivity contribution in [3.8, 4) is 95.5 Å². The first-order valence-electron chi connectivity index (χ1n) is 32.8. The Morgan fingerprint density at radius 2 is 1.04 bits per heavy atom. The maximum Gasteiger partial charge on any atom is 0.269 e. The largest absolute Gasteiger partial charge is 0.458 e. The van der Waals surface area contributed by atoms with Gasteiger partial charge in [-0.3, -0.25) is 13.7 Å². The van der Waals surface area contributed by atoms with E-state index in [1.165, 1.54) is 0 Å². The lowest BCUT2D eigenvalue weighted by Crippen LogP contribution is -2.32. The lowest BCUT2D eigenvalue weighted by molar-refractivity contribution is -0.570. The van der Waals surface area contributed by atoms with Crippen molar-refractivity contribution in [2.24, 2.45) is 0 Å². The van der Waals surface area contributed by atoms with Crippen LogP contribution in [0.1, 0.15) is 70.5 Å². The molecule has 0 bridgehead atoms. The van der Waals surface area contributed by atoms with Gasteiger partial charge in [-0.1, -0.05) is 205 Å². The Balaban J connectivity index is 1.05. The smallest absolute Gasteiger partial charge is 0.269 e. The average molecular weight is 1030 g/mol. The first-order valence-corrected chi connectivity index (χ1v) is 26.3. The van der Waals surface area contributed by atoms with E-state index in [0.29, 0.717) is 39.5 Å². The standard InChI is InChI=1S/C74H58N4O/c1-73(2,3)53-34-36-61-59-26-13-14-27-60(59)64-31-19-33-68-72(64)77(71-58(29-18-30-65(71)66(61)43-53)52-41-50(48-20-9-7-10-21-48)40-51(42-52)49-22-11-8-12-23-49)47-76(68)55-24-17-25-56(45-55)79-57-35-37-63-62-28-15-16-32-67(62)78(69(63)46-57)70-44-54(38-39-75-70)74(4,5)6/h7-46H,1-6H3/i7D,8D,9D,10D,11D,12D,20D,21D,22D,23D,40D,41D,42D. The SMILES string of the molecule is [2H]c1c([2H])c([2H])c(-c2c([2H])c(-c3cccc4c3-[n+]3[c-]n(-c5cccc(Oc6ccc7c8ccccc8n(-c8cc(C(C)(C)C)ccn8)c7c6)c5)c5cccc(c53)-c3ccccc3-c3ccc(C(C)(C)C)cc3-4)c([2H])c(-c3c([2H])c([2H])c([2H])c([2H])c3[2H])c2[2H])c([2H])c1[2H]. The summed E-state index contributed by atoms with van der Waals surface area (Å²) in [5.41, 5.74) is 8.70. The third-order valence-corrected chi connectivity index (χ3v) is 14.9. The van der Waals surface area contributed by atoms with Crippen LogP contribution in [0.3, 0.4) is 0 Å². The molecular weight excluding hydrogens is 961 g/mol. The first kappa shape index (κ1) is 35.7. The van der Waals surface area contributed by atoms with Crippen molar-refractivity contribution in [3.05, 3.63) is 260 Å². The molecule has 0 N–H and O–H groups in total. The van der Waals surface area contributed by atoms with Crippen LogP contribution >= 0.6 is 0 Å². The molecule has 0 radical (unpaired) electrons. The summed E-state index contributed by atoms with van der Waals surface area (Å²) in [7, 11) is 0. The number of para-hydroxylation sites is 3. The molecule has 380 valence electrons. The predicted octanol–water partition coefficient (Wildman–Crippen LogP) is 18.9. The normalized spacial score (nSPS) is 14.5. The third kappa shape index (κ3) is 8.32. The van der Waals surface area contributed by atoms with Crippen molar-refractivity contribution in [1.29, 1.82) is 0 Å². The van der Waals surface area contributed by atoms with Gasteiger partial charge < -0.3 is 4.74 Å². The van der Waals surface area contributed by atoms with Gasteiger partial charge in [-0.2, -0.15) is 0 Å². The van der Waals surface area contributed by atoms with Crippen molar-refractivity contribution in [2.45, 2.75) is 52.4 Å². The number of rotatable bonds is 7. The zero-order chi connectivity index (χ0) is 64.9. The number of hydrogen-bond acceptors (Lipinski definition) is 2. The van der Waals surface area contributed by atoms with E-state index in [-0.39, 0.29) is 22.0 Å². The number of imidazole rings is 1. The zero-order valence-electron chi connectivity index (χ0n) is 57.3. The van der Waals surface area contributed by atoms with Crippen LogP contribution in [-0.4, -0.2) is 14.1 Å². The van der Waals surface area contributed by atoms with E-state index in [4.69, 9.17) is 17.9 Å². The van der Waals surface area contributed by atoms with Crippen molar-refractivity contribution in [3.63, 3.8) is 0 Å². The first-order chi connectivity index (χ1) is 43.8. The lowest BCUT2D eigenvalue weighted by Gasteiger charge is -2.24. The van der Waals surface area contributed by atoms with Crippen LogP contribution in [0.4, 0.5) is 0 Å². The topological polar surface area (TPSA) is 35.9 Å². The van der Waals surface area contributed by atoms with Gasteiger partial charge in [0.05, 0.1) is 51.3 Å². The molecule has 0 fully saturated rings. The van der Waals surface area contributed by atoms with E-state index in [2.05, 4.69) is 113 Å². The van der Waals surface area contributed by atoms with Gasteiger partial charge in [0, 0.05) is 23.0 Å². The summed E-state index contributed by atoms with van der Waals surface area (Å²) in [6.07, 6.45) is 5.61. The van der Waals surface area contributed by atoms with Gasteiger partial charge in [0.1, 0.15) is 17.3 Å². The summed E-state index contributed by atoms with van der Waals surface area (Å²) in [5, 5.41) is 2.11. The highest BCUT2D eigenvalue weighted by molar-refractivity contribution is 6.09. The molecule has 0 amide bonds. The monoisotopic (exact) mass is 1030 g/mol. The molecule has 5 nitrogen and oxygen atoms in total. The fourth-order valence-electron chi connectivity index (χ4n) is 11.0. The van der Waals surface area contributed by atoms with E-state index in [1.807, 2.05) is 100 Å². The Bertz CT molecular complexity index is 5190. The molecule has 1 aliphatic heterocycles. The molecule has 0 atom stereocenters. The second-order valence-corrected chi connectivity index (χ2v) is 22.0. The Morgan fingerprint density at radius 3 is 1.78 bits per heavy atom. The number of aromatic nitrogens is 4. The van der Waals surface area contributed by atoms with Crippen LogP contribution < -0.4 is 9.30 Å². The molecule has 79 heavy (non-hydrogen) atoms. The highest BCUT2D eigenvalue weighted by Crippen LogP contribution is 2.47. The number of hydrogen-bond donors (Lipinski definition) is 0. The van der Waals surface area contributed by atoms with E-state index in [0.717, 1.165) is 66.6 Å².